The van der Waals surface area contributed by atoms with Crippen molar-refractivity contribution in [3.05, 3.63) is 70.7 Å². The summed E-state index contributed by atoms with van der Waals surface area (Å²) in [5.74, 6) is 0.390. The SMILES string of the molecule is CCn1c(NC(=O)C2CC(=O)N(C(C)c3ccccc3)C2)nnc1SCc1ccccc1Cl. The number of aromatic nitrogens is 3. The fraction of sp³-hybridized carbons (Fsp3) is 0.333. The number of nitrogens with one attached hydrogen (secondary N) is 1. The van der Waals surface area contributed by atoms with Gasteiger partial charge in [-0.3, -0.25) is 19.5 Å². The molecule has 2 unspecified atom stereocenters. The van der Waals surface area contributed by atoms with Gasteiger partial charge >= 0.3 is 0 Å². The third-order valence-corrected chi connectivity index (χ3v) is 7.25. The van der Waals surface area contributed by atoms with Gasteiger partial charge in [0.05, 0.1) is 12.0 Å². The van der Waals surface area contributed by atoms with Crippen LogP contribution >= 0.6 is 23.4 Å². The van der Waals surface area contributed by atoms with E-state index in [0.717, 1.165) is 11.1 Å². The second-order valence-corrected chi connectivity index (χ2v) is 9.30. The maximum atomic E-state index is 13.0. The molecule has 2 amide bonds. The molecule has 0 aliphatic carbocycles. The summed E-state index contributed by atoms with van der Waals surface area (Å²) in [7, 11) is 0. The smallest absolute Gasteiger partial charge is 0.232 e. The Morgan fingerprint density at radius 1 is 1.18 bits per heavy atom. The number of rotatable bonds is 8. The molecule has 33 heavy (non-hydrogen) atoms. The molecule has 0 bridgehead atoms. The summed E-state index contributed by atoms with van der Waals surface area (Å²) < 4.78 is 1.86. The highest BCUT2D eigenvalue weighted by Crippen LogP contribution is 2.30. The van der Waals surface area contributed by atoms with Crippen LogP contribution < -0.4 is 5.32 Å². The largest absolute Gasteiger partial charge is 0.335 e. The molecule has 1 aliphatic rings. The van der Waals surface area contributed by atoms with Crippen LogP contribution in [0.4, 0.5) is 5.95 Å². The van der Waals surface area contributed by atoms with Crippen LogP contribution in [0, 0.1) is 5.92 Å². The number of benzene rings is 2. The minimum absolute atomic E-state index is 0.0144. The summed E-state index contributed by atoms with van der Waals surface area (Å²) in [5.41, 5.74) is 2.07. The Morgan fingerprint density at radius 3 is 2.64 bits per heavy atom. The molecule has 9 heteroatoms. The van der Waals surface area contributed by atoms with Crippen molar-refractivity contribution in [1.29, 1.82) is 0 Å². The summed E-state index contributed by atoms with van der Waals surface area (Å²) in [6.45, 7) is 4.95. The number of carbonyl (C=O) groups excluding carboxylic acids is 2. The number of amides is 2. The van der Waals surface area contributed by atoms with Crippen molar-refractivity contribution in [3.8, 4) is 0 Å². The predicted molar refractivity (Wildman–Crippen MR) is 130 cm³/mol. The van der Waals surface area contributed by atoms with E-state index in [1.165, 1.54) is 11.8 Å². The Balaban J connectivity index is 1.40. The highest BCUT2D eigenvalue weighted by Gasteiger charge is 2.37. The fourth-order valence-electron chi connectivity index (χ4n) is 3.94. The topological polar surface area (TPSA) is 80.1 Å². The van der Waals surface area contributed by atoms with Crippen LogP contribution in [-0.4, -0.2) is 38.0 Å². The maximum absolute atomic E-state index is 13.0. The summed E-state index contributed by atoms with van der Waals surface area (Å²) in [6.07, 6.45) is 0.192. The Labute approximate surface area is 202 Å². The highest BCUT2D eigenvalue weighted by molar-refractivity contribution is 7.98. The van der Waals surface area contributed by atoms with Gasteiger partial charge in [-0.15, -0.1) is 10.2 Å². The van der Waals surface area contributed by atoms with E-state index in [4.69, 9.17) is 11.6 Å². The summed E-state index contributed by atoms with van der Waals surface area (Å²) in [6, 6.07) is 17.4. The Morgan fingerprint density at radius 2 is 1.91 bits per heavy atom. The van der Waals surface area contributed by atoms with Crippen LogP contribution in [0.2, 0.25) is 5.02 Å². The van der Waals surface area contributed by atoms with Crippen molar-refractivity contribution in [2.24, 2.45) is 5.92 Å². The van der Waals surface area contributed by atoms with Gasteiger partial charge in [0.2, 0.25) is 17.8 Å². The Bertz CT molecular complexity index is 1140. The maximum Gasteiger partial charge on any atom is 0.232 e. The number of likely N-dealkylation sites (tertiary alicyclic amines) is 1. The number of nitrogens with zero attached hydrogens (tertiary/aromatic N) is 4. The minimum atomic E-state index is -0.426. The zero-order chi connectivity index (χ0) is 23.4. The minimum Gasteiger partial charge on any atom is -0.335 e. The lowest BCUT2D eigenvalue weighted by Gasteiger charge is -2.25. The molecular formula is C24H26ClN5O2S. The molecule has 1 aromatic heterocycles. The number of hydrogen-bond acceptors (Lipinski definition) is 5. The van der Waals surface area contributed by atoms with Gasteiger partial charge in [-0.1, -0.05) is 71.9 Å². The van der Waals surface area contributed by atoms with Crippen LogP contribution in [0.1, 0.15) is 37.4 Å². The average molecular weight is 484 g/mol. The predicted octanol–water partition coefficient (Wildman–Crippen LogP) is 4.79. The zero-order valence-corrected chi connectivity index (χ0v) is 20.1. The standard InChI is InChI=1S/C24H26ClN5O2S/c1-3-29-23(27-28-24(29)33-15-18-11-7-8-12-20(18)25)26-22(32)19-13-21(31)30(14-19)16(2)17-9-5-4-6-10-17/h4-12,16,19H,3,13-15H2,1-2H3,(H,26,27,32). The van der Waals surface area contributed by atoms with E-state index in [1.54, 1.807) is 4.90 Å². The van der Waals surface area contributed by atoms with E-state index in [0.29, 0.717) is 35.0 Å². The lowest BCUT2D eigenvalue weighted by Crippen LogP contribution is -2.31. The quantitative estimate of drug-likeness (QED) is 0.466. The molecule has 0 saturated carbocycles. The molecule has 1 N–H and O–H groups in total. The van der Waals surface area contributed by atoms with Crippen LogP contribution in [0.25, 0.3) is 0 Å². The average Bonchev–Trinajstić information content (AvgIpc) is 3.41. The third kappa shape index (κ3) is 5.23. The summed E-state index contributed by atoms with van der Waals surface area (Å²) in [4.78, 5) is 27.4. The van der Waals surface area contributed by atoms with Crippen molar-refractivity contribution in [3.63, 3.8) is 0 Å². The number of thioether (sulfide) groups is 1. The first-order chi connectivity index (χ1) is 16.0. The van der Waals surface area contributed by atoms with Crippen molar-refractivity contribution in [2.75, 3.05) is 11.9 Å². The van der Waals surface area contributed by atoms with Gasteiger partial charge in [0.15, 0.2) is 5.16 Å². The number of halogens is 1. The normalized spacial score (nSPS) is 16.8. The monoisotopic (exact) mass is 483 g/mol. The molecule has 0 radical (unpaired) electrons. The Kier molecular flexibility index (Phi) is 7.35. The van der Waals surface area contributed by atoms with Gasteiger partial charge in [-0.2, -0.15) is 0 Å². The molecule has 4 rings (SSSR count). The zero-order valence-electron chi connectivity index (χ0n) is 18.6. The van der Waals surface area contributed by atoms with Gasteiger partial charge in [0, 0.05) is 30.3 Å². The first kappa shape index (κ1) is 23.3. The van der Waals surface area contributed by atoms with Crippen molar-refractivity contribution in [2.45, 2.75) is 43.8 Å². The summed E-state index contributed by atoms with van der Waals surface area (Å²) in [5, 5.41) is 12.7. The van der Waals surface area contributed by atoms with E-state index in [2.05, 4.69) is 15.5 Å². The molecule has 7 nitrogen and oxygen atoms in total. The van der Waals surface area contributed by atoms with E-state index < -0.39 is 5.92 Å². The van der Waals surface area contributed by atoms with Crippen LogP contribution in [0.5, 0.6) is 0 Å². The molecule has 2 atom stereocenters. The third-order valence-electron chi connectivity index (χ3n) is 5.86. The molecule has 2 aromatic carbocycles. The van der Waals surface area contributed by atoms with Crippen molar-refractivity contribution < 1.29 is 9.59 Å². The van der Waals surface area contributed by atoms with E-state index in [9.17, 15) is 9.59 Å². The molecule has 172 valence electrons. The van der Waals surface area contributed by atoms with E-state index >= 15 is 0 Å². The number of hydrogen-bond donors (Lipinski definition) is 1. The van der Waals surface area contributed by atoms with Gasteiger partial charge in [0.1, 0.15) is 0 Å². The lowest BCUT2D eigenvalue weighted by atomic mass is 10.1. The molecule has 1 aliphatic heterocycles. The molecule has 2 heterocycles. The number of anilines is 1. The molecule has 1 saturated heterocycles. The first-order valence-electron chi connectivity index (χ1n) is 10.9. The van der Waals surface area contributed by atoms with E-state index in [-0.39, 0.29) is 24.3 Å². The number of carbonyl (C=O) groups is 2. The second-order valence-electron chi connectivity index (χ2n) is 7.95. The van der Waals surface area contributed by atoms with Gasteiger partial charge < -0.3 is 4.90 Å². The summed E-state index contributed by atoms with van der Waals surface area (Å²) >= 11 is 7.76. The Hall–Kier alpha value is -2.84. The molecular weight excluding hydrogens is 458 g/mol. The van der Waals surface area contributed by atoms with Gasteiger partial charge in [-0.05, 0) is 31.0 Å². The van der Waals surface area contributed by atoms with Crippen molar-refractivity contribution >= 4 is 41.1 Å². The van der Waals surface area contributed by atoms with E-state index in [1.807, 2.05) is 73.0 Å². The molecule has 1 fully saturated rings. The van der Waals surface area contributed by atoms with Gasteiger partial charge in [0.25, 0.3) is 0 Å². The lowest BCUT2D eigenvalue weighted by molar-refractivity contribution is -0.129. The fourth-order valence-corrected chi connectivity index (χ4v) is 5.22. The molecule has 0 spiro atoms. The first-order valence-corrected chi connectivity index (χ1v) is 12.3. The highest BCUT2D eigenvalue weighted by atomic mass is 35.5. The van der Waals surface area contributed by atoms with Crippen LogP contribution in [0.3, 0.4) is 0 Å². The molecule has 3 aromatic rings. The second kappa shape index (κ2) is 10.4. The van der Waals surface area contributed by atoms with Crippen molar-refractivity contribution in [1.82, 2.24) is 19.7 Å². The van der Waals surface area contributed by atoms with Crippen LogP contribution in [0.15, 0.2) is 59.8 Å². The van der Waals surface area contributed by atoms with Crippen LogP contribution in [-0.2, 0) is 21.9 Å². The van der Waals surface area contributed by atoms with Gasteiger partial charge in [-0.25, -0.2) is 0 Å².